The summed E-state index contributed by atoms with van der Waals surface area (Å²) in [4.78, 5) is 20.5. The highest BCUT2D eigenvalue weighted by molar-refractivity contribution is 7.99. The van der Waals surface area contributed by atoms with Crippen molar-refractivity contribution in [3.8, 4) is 11.4 Å². The first-order valence-corrected chi connectivity index (χ1v) is 19.0. The largest absolute Gasteiger partial charge is 0.481 e. The molecule has 0 saturated carbocycles. The van der Waals surface area contributed by atoms with Crippen LogP contribution in [0.1, 0.15) is 62.5 Å². The molecule has 12 heteroatoms. The van der Waals surface area contributed by atoms with Crippen LogP contribution in [0.15, 0.2) is 64.5 Å². The van der Waals surface area contributed by atoms with E-state index in [1.54, 1.807) is 47.9 Å². The lowest BCUT2D eigenvalue weighted by Crippen LogP contribution is -2.27. The van der Waals surface area contributed by atoms with Crippen molar-refractivity contribution in [1.82, 2.24) is 19.7 Å². The molecule has 1 aliphatic rings. The Hall–Kier alpha value is -3.74. The normalized spacial score (nSPS) is 18.9. The van der Waals surface area contributed by atoms with Crippen molar-refractivity contribution in [3.05, 3.63) is 94.7 Å². The minimum absolute atomic E-state index is 0.0218. The van der Waals surface area contributed by atoms with Gasteiger partial charge >= 0.3 is 5.97 Å². The van der Waals surface area contributed by atoms with Gasteiger partial charge in [-0.05, 0) is 90.5 Å². The summed E-state index contributed by atoms with van der Waals surface area (Å²) in [7, 11) is 3.22. The molecule has 0 amide bonds. The van der Waals surface area contributed by atoms with Crippen LogP contribution in [0.3, 0.4) is 0 Å². The molecule has 0 aliphatic carbocycles. The van der Waals surface area contributed by atoms with E-state index in [1.165, 1.54) is 13.2 Å². The summed E-state index contributed by atoms with van der Waals surface area (Å²) in [5, 5.41) is 15.3. The van der Waals surface area contributed by atoms with Crippen LogP contribution in [-0.4, -0.2) is 56.0 Å². The standard InChI is InChI=1S/C39H43F3N4O3S2/c1-38(2)14-7-15-39(3,25-9-6-8-23(19-25)18-24(21-49-5)36(47)48)37-44-35(46(4)45-37)29-20-26(10-11-30(29)40)51-34-28(13-17-50-22-38)27-12-16-43-33(27)31(41)32(34)42/h6,8-12,16,19-20,24,43H,7,13-15,17-18,21-22H2,1-5H3,(H,47,48)/t24?,39-/m1/s1. The highest BCUT2D eigenvalue weighted by atomic mass is 32.2. The summed E-state index contributed by atoms with van der Waals surface area (Å²) >= 11 is 2.88. The second-order valence-electron chi connectivity index (χ2n) is 14.4. The van der Waals surface area contributed by atoms with Crippen molar-refractivity contribution in [2.75, 3.05) is 25.2 Å². The van der Waals surface area contributed by atoms with E-state index in [0.717, 1.165) is 52.8 Å². The number of methoxy groups -OCH3 is 1. The maximum absolute atomic E-state index is 15.8. The van der Waals surface area contributed by atoms with Gasteiger partial charge in [0.15, 0.2) is 23.3 Å². The molecule has 0 fully saturated rings. The Bertz CT molecular complexity index is 2060. The Morgan fingerprint density at radius 2 is 1.90 bits per heavy atom. The average molecular weight is 737 g/mol. The molecule has 1 aliphatic heterocycles. The number of hydrogen-bond acceptors (Lipinski definition) is 6. The molecular formula is C39H43F3N4O3S2. The molecule has 3 aromatic carbocycles. The van der Waals surface area contributed by atoms with Gasteiger partial charge in [-0.25, -0.2) is 22.8 Å². The van der Waals surface area contributed by atoms with E-state index in [2.05, 4.69) is 25.8 Å². The number of aryl methyl sites for hydroxylation is 2. The number of hydrogen-bond donors (Lipinski definition) is 2. The molecule has 2 atom stereocenters. The van der Waals surface area contributed by atoms with Crippen LogP contribution in [-0.2, 0) is 34.8 Å². The van der Waals surface area contributed by atoms with Crippen LogP contribution in [0.4, 0.5) is 13.2 Å². The molecule has 0 radical (unpaired) electrons. The van der Waals surface area contributed by atoms with E-state index in [0.29, 0.717) is 41.2 Å². The van der Waals surface area contributed by atoms with E-state index in [1.807, 2.05) is 24.3 Å². The third kappa shape index (κ3) is 7.73. The Morgan fingerprint density at radius 1 is 1.10 bits per heavy atom. The molecule has 5 aromatic rings. The number of nitrogens with one attached hydrogen (secondary N) is 1. The number of aromatic nitrogens is 4. The summed E-state index contributed by atoms with van der Waals surface area (Å²) in [6.07, 6.45) is 4.93. The van der Waals surface area contributed by atoms with E-state index in [9.17, 15) is 9.90 Å². The lowest BCUT2D eigenvalue weighted by Gasteiger charge is -2.31. The van der Waals surface area contributed by atoms with Gasteiger partial charge in [0.2, 0.25) is 0 Å². The zero-order valence-electron chi connectivity index (χ0n) is 29.5. The van der Waals surface area contributed by atoms with Gasteiger partial charge in [0, 0.05) is 30.6 Å². The lowest BCUT2D eigenvalue weighted by molar-refractivity contribution is -0.143. The Balaban J connectivity index is 1.46. The first-order chi connectivity index (χ1) is 24.3. The van der Waals surface area contributed by atoms with Gasteiger partial charge in [-0.15, -0.1) is 0 Å². The molecule has 2 aromatic heterocycles. The monoisotopic (exact) mass is 736 g/mol. The van der Waals surface area contributed by atoms with Crippen LogP contribution in [0.5, 0.6) is 0 Å². The van der Waals surface area contributed by atoms with Crippen molar-refractivity contribution in [2.45, 2.75) is 68.1 Å². The number of aromatic amines is 1. The van der Waals surface area contributed by atoms with Crippen LogP contribution in [0.2, 0.25) is 0 Å². The first-order valence-electron chi connectivity index (χ1n) is 17.1. The quantitative estimate of drug-likeness (QED) is 0.180. The van der Waals surface area contributed by atoms with Gasteiger partial charge in [-0.2, -0.15) is 16.9 Å². The van der Waals surface area contributed by atoms with Crippen LogP contribution < -0.4 is 0 Å². The van der Waals surface area contributed by atoms with E-state index < -0.39 is 34.8 Å². The maximum atomic E-state index is 15.8. The van der Waals surface area contributed by atoms with Crippen molar-refractivity contribution in [1.29, 1.82) is 0 Å². The Morgan fingerprint density at radius 3 is 2.67 bits per heavy atom. The molecule has 1 unspecified atom stereocenters. The van der Waals surface area contributed by atoms with Crippen LogP contribution >= 0.6 is 23.5 Å². The zero-order chi connectivity index (χ0) is 36.5. The van der Waals surface area contributed by atoms with Crippen LogP contribution in [0.25, 0.3) is 22.3 Å². The number of rotatable bonds is 6. The van der Waals surface area contributed by atoms with Crippen molar-refractivity contribution < 1.29 is 27.8 Å². The van der Waals surface area contributed by atoms with Crippen molar-refractivity contribution >= 4 is 40.4 Å². The number of aliphatic carboxylic acids is 1. The average Bonchev–Trinajstić information content (AvgIpc) is 3.74. The summed E-state index contributed by atoms with van der Waals surface area (Å²) in [6, 6.07) is 14.2. The topological polar surface area (TPSA) is 93.0 Å². The van der Waals surface area contributed by atoms with Crippen molar-refractivity contribution in [2.24, 2.45) is 18.4 Å². The number of nitrogens with zero attached hydrogens (tertiary/aromatic N) is 3. The third-order valence-electron chi connectivity index (χ3n) is 9.90. The number of benzene rings is 3. The molecule has 3 heterocycles. The zero-order valence-corrected chi connectivity index (χ0v) is 31.1. The fraction of sp³-hybridized carbons (Fsp3) is 0.410. The second kappa shape index (κ2) is 15.1. The number of fused-ring (bicyclic) bond motifs is 8. The van der Waals surface area contributed by atoms with E-state index in [4.69, 9.17) is 14.8 Å². The molecule has 51 heavy (non-hydrogen) atoms. The molecule has 6 rings (SSSR count). The summed E-state index contributed by atoms with van der Waals surface area (Å²) in [6.45, 7) is 6.68. The summed E-state index contributed by atoms with van der Waals surface area (Å²) in [5.41, 5.74) is 2.16. The Labute approximate surface area is 304 Å². The fourth-order valence-corrected chi connectivity index (χ4v) is 9.23. The van der Waals surface area contributed by atoms with Gasteiger partial charge in [0.05, 0.1) is 33.9 Å². The summed E-state index contributed by atoms with van der Waals surface area (Å²) < 4.78 is 53.5. The molecule has 270 valence electrons. The second-order valence-corrected chi connectivity index (χ2v) is 16.6. The number of carboxylic acids is 1. The van der Waals surface area contributed by atoms with E-state index >= 15 is 13.2 Å². The number of thioether (sulfide) groups is 1. The third-order valence-corrected chi connectivity index (χ3v) is 12.5. The SMILES string of the molecule is COCC(Cc1cccc([C@@]2(C)CCCC(C)(C)CSCCc3c(c(F)c(F)c4[nH]ccc34)Sc3ccc(F)c(c3)-c3nc2nn3C)c1)C(=O)O. The van der Waals surface area contributed by atoms with Crippen LogP contribution in [0, 0.1) is 28.8 Å². The molecule has 0 spiro atoms. The fourth-order valence-electron chi connectivity index (χ4n) is 6.98. The minimum atomic E-state index is -0.932. The van der Waals surface area contributed by atoms with E-state index in [-0.39, 0.29) is 28.0 Å². The molecular weight excluding hydrogens is 694 g/mol. The number of carboxylic acid groups (broad SMARTS) is 1. The first kappa shape index (κ1) is 37.0. The Kier molecular flexibility index (Phi) is 11.0. The highest BCUT2D eigenvalue weighted by Crippen LogP contribution is 2.43. The predicted molar refractivity (Wildman–Crippen MR) is 197 cm³/mol. The highest BCUT2D eigenvalue weighted by Gasteiger charge is 2.36. The van der Waals surface area contributed by atoms with Gasteiger partial charge in [0.25, 0.3) is 0 Å². The number of ether oxygens (including phenoxy) is 1. The van der Waals surface area contributed by atoms with Gasteiger partial charge < -0.3 is 14.8 Å². The van der Waals surface area contributed by atoms with Crippen molar-refractivity contribution in [3.63, 3.8) is 0 Å². The van der Waals surface area contributed by atoms with Gasteiger partial charge in [0.1, 0.15) is 5.82 Å². The maximum Gasteiger partial charge on any atom is 0.309 e. The minimum Gasteiger partial charge on any atom is -0.481 e. The van der Waals surface area contributed by atoms with Gasteiger partial charge in [-0.1, -0.05) is 56.3 Å². The molecule has 0 saturated heterocycles. The summed E-state index contributed by atoms with van der Waals surface area (Å²) in [5.74, 6) is -1.55. The molecule has 7 nitrogen and oxygen atoms in total. The lowest BCUT2D eigenvalue weighted by atomic mass is 9.75. The van der Waals surface area contributed by atoms with Gasteiger partial charge in [-0.3, -0.25) is 4.79 Å². The molecule has 2 N–H and O–H groups in total. The number of carbonyl (C=O) groups is 1. The number of H-pyrrole nitrogens is 1. The molecule has 4 bridgehead atoms. The smallest absolute Gasteiger partial charge is 0.309 e. The predicted octanol–water partition coefficient (Wildman–Crippen LogP) is 9.21. The number of halogens is 3.